The van der Waals surface area contributed by atoms with E-state index in [0.29, 0.717) is 30.7 Å². The molecule has 0 radical (unpaired) electrons. The zero-order chi connectivity index (χ0) is 18.9. The maximum atomic E-state index is 12.5. The van der Waals surface area contributed by atoms with Gasteiger partial charge < -0.3 is 19.7 Å². The van der Waals surface area contributed by atoms with Crippen LogP contribution in [0.1, 0.15) is 24.3 Å². The van der Waals surface area contributed by atoms with Crippen molar-refractivity contribution in [2.75, 3.05) is 43.6 Å². The molecule has 1 amide bonds. The second-order valence-corrected chi connectivity index (χ2v) is 5.63. The standard InChI is InChI=1S/C17H22ClN5O3/c1-4-23(5-2)17-20-11-13(18)15(22-17)16(24)21-12-6-7-14(19-10-12)26-9-8-25-3/h6-7,10-11H,4-5,8-9H2,1-3H3,(H,21,24). The van der Waals surface area contributed by atoms with Crippen molar-refractivity contribution >= 4 is 29.1 Å². The summed E-state index contributed by atoms with van der Waals surface area (Å²) in [6.07, 6.45) is 2.93. The maximum absolute atomic E-state index is 12.5. The van der Waals surface area contributed by atoms with Crippen LogP contribution in [0.4, 0.5) is 11.6 Å². The van der Waals surface area contributed by atoms with Crippen molar-refractivity contribution < 1.29 is 14.3 Å². The summed E-state index contributed by atoms with van der Waals surface area (Å²) in [5, 5.41) is 2.91. The summed E-state index contributed by atoms with van der Waals surface area (Å²) in [4.78, 5) is 27.0. The smallest absolute Gasteiger partial charge is 0.276 e. The van der Waals surface area contributed by atoms with Crippen molar-refractivity contribution in [3.05, 3.63) is 35.2 Å². The fourth-order valence-corrected chi connectivity index (χ4v) is 2.31. The number of pyridine rings is 1. The highest BCUT2D eigenvalue weighted by Crippen LogP contribution is 2.19. The number of nitrogens with zero attached hydrogens (tertiary/aromatic N) is 4. The van der Waals surface area contributed by atoms with Crippen molar-refractivity contribution in [2.24, 2.45) is 0 Å². The fourth-order valence-electron chi connectivity index (χ4n) is 2.14. The number of anilines is 2. The van der Waals surface area contributed by atoms with Crippen molar-refractivity contribution in [1.29, 1.82) is 0 Å². The molecule has 0 bridgehead atoms. The number of carbonyl (C=O) groups is 1. The Balaban J connectivity index is 2.08. The molecule has 0 saturated carbocycles. The molecule has 0 unspecified atom stereocenters. The van der Waals surface area contributed by atoms with E-state index in [1.165, 1.54) is 12.4 Å². The lowest BCUT2D eigenvalue weighted by atomic mass is 10.3. The molecule has 9 heteroatoms. The van der Waals surface area contributed by atoms with Gasteiger partial charge in [0.25, 0.3) is 5.91 Å². The van der Waals surface area contributed by atoms with E-state index >= 15 is 0 Å². The quantitative estimate of drug-likeness (QED) is 0.670. The van der Waals surface area contributed by atoms with Gasteiger partial charge in [0.2, 0.25) is 11.8 Å². The number of amides is 1. The summed E-state index contributed by atoms with van der Waals surface area (Å²) < 4.78 is 10.3. The average Bonchev–Trinajstić information content (AvgIpc) is 2.65. The highest BCUT2D eigenvalue weighted by Gasteiger charge is 2.16. The van der Waals surface area contributed by atoms with Crippen LogP contribution in [0, 0.1) is 0 Å². The molecule has 0 aliphatic heterocycles. The van der Waals surface area contributed by atoms with Gasteiger partial charge in [0, 0.05) is 26.3 Å². The molecule has 0 atom stereocenters. The molecule has 0 fully saturated rings. The number of hydrogen-bond donors (Lipinski definition) is 1. The minimum Gasteiger partial charge on any atom is -0.475 e. The topological polar surface area (TPSA) is 89.5 Å². The summed E-state index contributed by atoms with van der Waals surface area (Å²) in [7, 11) is 1.60. The molecule has 2 rings (SSSR count). The van der Waals surface area contributed by atoms with Gasteiger partial charge in [-0.05, 0) is 19.9 Å². The monoisotopic (exact) mass is 379 g/mol. The lowest BCUT2D eigenvalue weighted by Crippen LogP contribution is -2.25. The number of aromatic nitrogens is 3. The van der Waals surface area contributed by atoms with Crippen LogP contribution in [0.3, 0.4) is 0 Å². The summed E-state index contributed by atoms with van der Waals surface area (Å²) in [6.45, 7) is 6.31. The van der Waals surface area contributed by atoms with Gasteiger partial charge in [-0.3, -0.25) is 4.79 Å². The fraction of sp³-hybridized carbons (Fsp3) is 0.412. The highest BCUT2D eigenvalue weighted by atomic mass is 35.5. The van der Waals surface area contributed by atoms with E-state index in [9.17, 15) is 4.79 Å². The van der Waals surface area contributed by atoms with Crippen molar-refractivity contribution in [2.45, 2.75) is 13.8 Å². The van der Waals surface area contributed by atoms with Crippen LogP contribution in [0.25, 0.3) is 0 Å². The van der Waals surface area contributed by atoms with Gasteiger partial charge in [-0.25, -0.2) is 15.0 Å². The third-order valence-corrected chi connectivity index (χ3v) is 3.80. The Labute approximate surface area is 157 Å². The average molecular weight is 380 g/mol. The Morgan fingerprint density at radius 3 is 2.58 bits per heavy atom. The molecule has 8 nitrogen and oxygen atoms in total. The SMILES string of the molecule is CCN(CC)c1ncc(Cl)c(C(=O)Nc2ccc(OCCOC)nc2)n1. The van der Waals surface area contributed by atoms with Crippen LogP contribution in [0.15, 0.2) is 24.5 Å². The first kappa shape index (κ1) is 19.9. The predicted octanol–water partition coefficient (Wildman–Crippen LogP) is 2.65. The Bertz CT molecular complexity index is 723. The summed E-state index contributed by atoms with van der Waals surface area (Å²) in [6, 6.07) is 3.35. The molecule has 2 aromatic heterocycles. The Hall–Kier alpha value is -2.45. The van der Waals surface area contributed by atoms with E-state index in [1.54, 1.807) is 19.2 Å². The second kappa shape index (κ2) is 9.88. The Morgan fingerprint density at radius 2 is 1.96 bits per heavy atom. The lowest BCUT2D eigenvalue weighted by Gasteiger charge is -2.19. The molecule has 26 heavy (non-hydrogen) atoms. The summed E-state index contributed by atoms with van der Waals surface area (Å²) >= 11 is 6.09. The number of hydrogen-bond acceptors (Lipinski definition) is 7. The van der Waals surface area contributed by atoms with Crippen LogP contribution in [-0.2, 0) is 4.74 Å². The zero-order valence-electron chi connectivity index (χ0n) is 15.0. The largest absolute Gasteiger partial charge is 0.475 e. The molecule has 2 heterocycles. The van der Waals surface area contributed by atoms with Crippen LogP contribution in [-0.4, -0.2) is 54.3 Å². The van der Waals surface area contributed by atoms with Crippen LogP contribution >= 0.6 is 11.6 Å². The first-order valence-electron chi connectivity index (χ1n) is 8.25. The zero-order valence-corrected chi connectivity index (χ0v) is 15.8. The molecule has 2 aromatic rings. The number of ether oxygens (including phenoxy) is 2. The van der Waals surface area contributed by atoms with Crippen LogP contribution in [0.5, 0.6) is 5.88 Å². The number of halogens is 1. The summed E-state index contributed by atoms with van der Waals surface area (Å²) in [5.74, 6) is 0.481. The summed E-state index contributed by atoms with van der Waals surface area (Å²) in [5.41, 5.74) is 0.622. The highest BCUT2D eigenvalue weighted by molar-refractivity contribution is 6.34. The van der Waals surface area contributed by atoms with Crippen LogP contribution < -0.4 is 15.0 Å². The predicted molar refractivity (Wildman–Crippen MR) is 100 cm³/mol. The van der Waals surface area contributed by atoms with Gasteiger partial charge in [0.1, 0.15) is 6.61 Å². The van der Waals surface area contributed by atoms with Gasteiger partial charge in [-0.15, -0.1) is 0 Å². The molecule has 1 N–H and O–H groups in total. The molecular formula is C17H22ClN5O3. The third kappa shape index (κ3) is 5.27. The van der Waals surface area contributed by atoms with E-state index in [0.717, 1.165) is 13.1 Å². The third-order valence-electron chi connectivity index (χ3n) is 3.52. The van der Waals surface area contributed by atoms with E-state index in [4.69, 9.17) is 21.1 Å². The number of methoxy groups -OCH3 is 1. The first-order chi connectivity index (χ1) is 12.6. The minimum atomic E-state index is -0.430. The molecule has 0 aromatic carbocycles. The van der Waals surface area contributed by atoms with E-state index in [-0.39, 0.29) is 10.7 Å². The normalized spacial score (nSPS) is 10.5. The first-order valence-corrected chi connectivity index (χ1v) is 8.63. The Morgan fingerprint density at radius 1 is 1.19 bits per heavy atom. The minimum absolute atomic E-state index is 0.115. The Kier molecular flexibility index (Phi) is 7.55. The van der Waals surface area contributed by atoms with Crippen molar-refractivity contribution in [3.8, 4) is 5.88 Å². The molecule has 0 aliphatic rings. The molecule has 0 spiro atoms. The molecule has 0 saturated heterocycles. The lowest BCUT2D eigenvalue weighted by molar-refractivity contribution is 0.102. The van der Waals surface area contributed by atoms with Gasteiger partial charge in [0.05, 0.1) is 29.7 Å². The van der Waals surface area contributed by atoms with Crippen molar-refractivity contribution in [3.63, 3.8) is 0 Å². The molecular weight excluding hydrogens is 358 g/mol. The number of rotatable bonds is 9. The number of carbonyl (C=O) groups excluding carboxylic acids is 1. The van der Waals surface area contributed by atoms with E-state index in [2.05, 4.69) is 20.3 Å². The van der Waals surface area contributed by atoms with Gasteiger partial charge in [-0.1, -0.05) is 11.6 Å². The maximum Gasteiger partial charge on any atom is 0.276 e. The second-order valence-electron chi connectivity index (χ2n) is 5.22. The molecule has 140 valence electrons. The molecule has 0 aliphatic carbocycles. The number of nitrogens with one attached hydrogen (secondary N) is 1. The van der Waals surface area contributed by atoms with Gasteiger partial charge in [0.15, 0.2) is 5.69 Å². The van der Waals surface area contributed by atoms with E-state index < -0.39 is 5.91 Å². The van der Waals surface area contributed by atoms with E-state index in [1.807, 2.05) is 18.7 Å². The van der Waals surface area contributed by atoms with Gasteiger partial charge in [-0.2, -0.15) is 0 Å². The van der Waals surface area contributed by atoms with Crippen LogP contribution in [0.2, 0.25) is 5.02 Å². The van der Waals surface area contributed by atoms with Gasteiger partial charge >= 0.3 is 0 Å². The van der Waals surface area contributed by atoms with Crippen molar-refractivity contribution in [1.82, 2.24) is 15.0 Å².